The van der Waals surface area contributed by atoms with Crippen molar-refractivity contribution in [1.82, 2.24) is 4.72 Å². The van der Waals surface area contributed by atoms with E-state index in [0.717, 1.165) is 14.7 Å². The molecule has 116 valence electrons. The van der Waals surface area contributed by atoms with E-state index in [1.54, 1.807) is 0 Å². The number of urea groups is 1. The third kappa shape index (κ3) is 2.94. The summed E-state index contributed by atoms with van der Waals surface area (Å²) in [5.41, 5.74) is 5.56. The van der Waals surface area contributed by atoms with Gasteiger partial charge in [-0.2, -0.15) is 0 Å². The maximum atomic E-state index is 11.9. The van der Waals surface area contributed by atoms with Gasteiger partial charge >= 0.3 is 6.03 Å². The van der Waals surface area contributed by atoms with Crippen molar-refractivity contribution in [3.63, 3.8) is 0 Å². The first-order valence-electron chi connectivity index (χ1n) is 7.29. The first kappa shape index (κ1) is 15.2. The molecule has 0 saturated heterocycles. The van der Waals surface area contributed by atoms with Crippen molar-refractivity contribution in [2.75, 3.05) is 0 Å². The van der Waals surface area contributed by atoms with Gasteiger partial charge in [0, 0.05) is 14.7 Å². The monoisotopic (exact) mass is 322 g/mol. The van der Waals surface area contributed by atoms with Crippen molar-refractivity contribution in [3.8, 4) is 0 Å². The molecular weight excluding hydrogens is 304 g/mol. The van der Waals surface area contributed by atoms with Crippen LogP contribution in [0.2, 0.25) is 0 Å². The molecule has 0 aromatic heterocycles. The Bertz CT molecular complexity index is 680. The summed E-state index contributed by atoms with van der Waals surface area (Å²) < 4.78 is 3.06. The van der Waals surface area contributed by atoms with Crippen LogP contribution in [0.4, 0.5) is 4.79 Å². The van der Waals surface area contributed by atoms with Crippen LogP contribution in [0.5, 0.6) is 0 Å². The number of carbonyl (C=O) groups is 1. The average Bonchev–Trinajstić information content (AvgIpc) is 2.62. The molecule has 23 heavy (non-hydrogen) atoms. The number of carbonyl (C=O) groups excluding carboxylic acids is 1. The molecule has 2 amide bonds. The Labute approximate surface area is 137 Å². The van der Waals surface area contributed by atoms with Crippen molar-refractivity contribution in [3.05, 3.63) is 91.0 Å². The van der Waals surface area contributed by atoms with E-state index in [0.29, 0.717) is 0 Å². The van der Waals surface area contributed by atoms with Gasteiger partial charge in [-0.15, -0.1) is 0 Å². The van der Waals surface area contributed by atoms with Crippen LogP contribution in [0.15, 0.2) is 106 Å². The summed E-state index contributed by atoms with van der Waals surface area (Å²) in [6.07, 6.45) is 0. The maximum Gasteiger partial charge on any atom is 0.321 e. The topological polar surface area (TPSA) is 55.1 Å². The minimum atomic E-state index is -1.96. The van der Waals surface area contributed by atoms with Gasteiger partial charge in [0.15, 0.2) is 0 Å². The van der Waals surface area contributed by atoms with Crippen molar-refractivity contribution in [2.24, 2.45) is 5.73 Å². The van der Waals surface area contributed by atoms with Crippen LogP contribution in [0.25, 0.3) is 0 Å². The van der Waals surface area contributed by atoms with Crippen LogP contribution < -0.4 is 10.5 Å². The lowest BCUT2D eigenvalue weighted by atomic mass is 10.4. The van der Waals surface area contributed by atoms with Gasteiger partial charge in [0.1, 0.15) is 0 Å². The molecule has 0 atom stereocenters. The molecule has 3 rings (SSSR count). The maximum absolute atomic E-state index is 11.9. The van der Waals surface area contributed by atoms with Crippen LogP contribution in [-0.2, 0) is 0 Å². The summed E-state index contributed by atoms with van der Waals surface area (Å²) in [5, 5.41) is 0. The molecule has 0 bridgehead atoms. The lowest BCUT2D eigenvalue weighted by Gasteiger charge is -2.41. The fraction of sp³-hybridized carbons (Fsp3) is 0. The smallest absolute Gasteiger partial charge is 0.321 e. The molecule has 3 nitrogen and oxygen atoms in total. The van der Waals surface area contributed by atoms with E-state index in [9.17, 15) is 4.79 Å². The van der Waals surface area contributed by atoms with Crippen LogP contribution in [0.3, 0.4) is 0 Å². The highest BCUT2D eigenvalue weighted by Crippen LogP contribution is 2.64. The summed E-state index contributed by atoms with van der Waals surface area (Å²) >= 11 is 0. The number of nitrogens with two attached hydrogens (primary N) is 1. The lowest BCUT2D eigenvalue weighted by molar-refractivity contribution is 0.254. The van der Waals surface area contributed by atoms with Crippen molar-refractivity contribution in [1.29, 1.82) is 0 Å². The quantitative estimate of drug-likeness (QED) is 0.727. The lowest BCUT2D eigenvalue weighted by Crippen LogP contribution is -2.33. The highest BCUT2D eigenvalue weighted by Gasteiger charge is 2.31. The minimum Gasteiger partial charge on any atom is -0.351 e. The Morgan fingerprint density at radius 3 is 1.22 bits per heavy atom. The minimum absolute atomic E-state index is 0.531. The number of benzene rings is 3. The summed E-state index contributed by atoms with van der Waals surface area (Å²) in [4.78, 5) is 15.0. The molecule has 0 aliphatic carbocycles. The van der Waals surface area contributed by atoms with E-state index in [-0.39, 0.29) is 0 Å². The van der Waals surface area contributed by atoms with Crippen LogP contribution in [-0.4, -0.2) is 6.03 Å². The second-order valence-corrected chi connectivity index (χ2v) is 7.86. The van der Waals surface area contributed by atoms with Crippen molar-refractivity contribution >= 4 is 16.2 Å². The van der Waals surface area contributed by atoms with Gasteiger partial charge in [-0.3, -0.25) is 4.72 Å². The van der Waals surface area contributed by atoms with Gasteiger partial charge in [-0.05, 0) is 36.4 Å². The molecule has 0 radical (unpaired) electrons. The van der Waals surface area contributed by atoms with Crippen molar-refractivity contribution in [2.45, 2.75) is 14.7 Å². The number of amides is 2. The van der Waals surface area contributed by atoms with Gasteiger partial charge in [-0.1, -0.05) is 64.8 Å². The second-order valence-electron chi connectivity index (χ2n) is 5.02. The summed E-state index contributed by atoms with van der Waals surface area (Å²) in [5.74, 6) is 0. The SMILES string of the molecule is NC(=O)NS(c1ccccc1)(c1ccccc1)c1ccccc1. The molecule has 0 aliphatic rings. The van der Waals surface area contributed by atoms with Gasteiger partial charge in [0.2, 0.25) is 0 Å². The normalized spacial score (nSPS) is 11.7. The van der Waals surface area contributed by atoms with Crippen LogP contribution in [0, 0.1) is 0 Å². The molecule has 3 aromatic rings. The molecule has 0 unspecified atom stereocenters. The number of primary amides is 1. The molecular formula is C19H18N2OS. The van der Waals surface area contributed by atoms with E-state index in [4.69, 9.17) is 5.73 Å². The molecule has 0 fully saturated rings. The number of hydrogen-bond donors (Lipinski definition) is 2. The van der Waals surface area contributed by atoms with Crippen molar-refractivity contribution < 1.29 is 4.79 Å². The highest BCUT2D eigenvalue weighted by molar-refractivity contribution is 8.32. The molecule has 0 heterocycles. The fourth-order valence-electron chi connectivity index (χ4n) is 2.61. The van der Waals surface area contributed by atoms with Crippen LogP contribution in [0.1, 0.15) is 0 Å². The number of nitrogens with one attached hydrogen (secondary N) is 1. The van der Waals surface area contributed by atoms with Gasteiger partial charge in [-0.25, -0.2) is 4.79 Å². The van der Waals surface area contributed by atoms with Gasteiger partial charge in [0.05, 0.1) is 0 Å². The van der Waals surface area contributed by atoms with Gasteiger partial charge in [0.25, 0.3) is 0 Å². The first-order valence-corrected chi connectivity index (χ1v) is 8.92. The Kier molecular flexibility index (Phi) is 4.35. The molecule has 0 spiro atoms. The standard InChI is InChI=1S/C19H18N2OS/c20-19(22)21-23(16-10-4-1-5-11-16,17-12-6-2-7-13-17)18-14-8-3-9-15-18/h1-15H,(H3,20,21,22). The molecule has 0 saturated carbocycles. The number of hydrogen-bond acceptors (Lipinski definition) is 1. The molecule has 0 aliphatic heterocycles. The predicted octanol–water partition coefficient (Wildman–Crippen LogP) is 4.55. The Morgan fingerprint density at radius 2 is 0.957 bits per heavy atom. The zero-order valence-electron chi connectivity index (χ0n) is 12.6. The van der Waals surface area contributed by atoms with E-state index in [2.05, 4.69) is 4.72 Å². The summed E-state index contributed by atoms with van der Waals surface area (Å²) in [6.45, 7) is 0. The third-order valence-electron chi connectivity index (χ3n) is 3.54. The number of rotatable bonds is 4. The zero-order chi connectivity index (χ0) is 16.1. The molecule has 3 N–H and O–H groups in total. The summed E-state index contributed by atoms with van der Waals surface area (Å²) in [7, 11) is -1.96. The zero-order valence-corrected chi connectivity index (χ0v) is 13.4. The fourth-order valence-corrected chi connectivity index (χ4v) is 5.78. The highest BCUT2D eigenvalue weighted by atomic mass is 32.3. The molecule has 4 heteroatoms. The van der Waals surface area contributed by atoms with E-state index >= 15 is 0 Å². The van der Waals surface area contributed by atoms with E-state index in [1.807, 2.05) is 91.0 Å². The Morgan fingerprint density at radius 1 is 0.652 bits per heavy atom. The third-order valence-corrected chi connectivity index (χ3v) is 6.99. The largest absolute Gasteiger partial charge is 0.351 e. The van der Waals surface area contributed by atoms with Gasteiger partial charge < -0.3 is 5.73 Å². The predicted molar refractivity (Wildman–Crippen MR) is 94.4 cm³/mol. The Balaban J connectivity index is 2.32. The summed E-state index contributed by atoms with van der Waals surface area (Å²) in [6, 6.07) is 29.4. The molecule has 3 aromatic carbocycles. The van der Waals surface area contributed by atoms with Crippen LogP contribution >= 0.6 is 10.2 Å². The first-order chi connectivity index (χ1) is 11.2. The van der Waals surface area contributed by atoms with E-state index < -0.39 is 16.2 Å². The second kappa shape index (κ2) is 6.58. The Hall–Kier alpha value is -2.72. The average molecular weight is 322 g/mol. The van der Waals surface area contributed by atoms with E-state index in [1.165, 1.54) is 0 Å².